The second-order valence-corrected chi connectivity index (χ2v) is 4.24. The molecule has 2 N–H and O–H groups in total. The van der Waals surface area contributed by atoms with Gasteiger partial charge in [-0.05, 0) is 13.0 Å². The molecule has 0 aromatic carbocycles. The normalized spacial score (nSPS) is 18.6. The lowest BCUT2D eigenvalue weighted by molar-refractivity contribution is -0.118. The van der Waals surface area contributed by atoms with Crippen LogP contribution in [-0.2, 0) is 4.79 Å². The van der Waals surface area contributed by atoms with E-state index in [1.807, 2.05) is 0 Å². The predicted octanol–water partition coefficient (Wildman–Crippen LogP) is -0.877. The van der Waals surface area contributed by atoms with Gasteiger partial charge in [0.25, 0.3) is 0 Å². The molecular formula is C11H23N3O2. The molecule has 1 amide bonds. The van der Waals surface area contributed by atoms with Gasteiger partial charge in [0.1, 0.15) is 0 Å². The molecule has 0 aliphatic carbocycles. The Kier molecular flexibility index (Phi) is 6.37. The van der Waals surface area contributed by atoms with Crippen molar-refractivity contribution in [3.63, 3.8) is 0 Å². The van der Waals surface area contributed by atoms with Gasteiger partial charge in [0.05, 0.1) is 6.61 Å². The average Bonchev–Trinajstić information content (AvgIpc) is 2.27. The van der Waals surface area contributed by atoms with Crippen molar-refractivity contribution >= 4 is 5.91 Å². The van der Waals surface area contributed by atoms with Crippen LogP contribution in [0.3, 0.4) is 0 Å². The van der Waals surface area contributed by atoms with E-state index in [0.717, 1.165) is 52.2 Å². The van der Waals surface area contributed by atoms with Gasteiger partial charge in [0.2, 0.25) is 5.91 Å². The quantitative estimate of drug-likeness (QED) is 0.581. The molecule has 1 rings (SSSR count). The third-order valence-corrected chi connectivity index (χ3v) is 2.91. The molecule has 1 saturated heterocycles. The van der Waals surface area contributed by atoms with Crippen LogP contribution >= 0.6 is 0 Å². The molecule has 0 aromatic rings. The number of carbonyl (C=O) groups excluding carboxylic acids is 1. The number of β-amino-alcohol motifs (C(OH)–C–C–N with tert-alkyl or cyclic N) is 1. The van der Waals surface area contributed by atoms with Gasteiger partial charge in [0, 0.05) is 46.2 Å². The van der Waals surface area contributed by atoms with Crippen molar-refractivity contribution in [1.29, 1.82) is 0 Å². The zero-order valence-corrected chi connectivity index (χ0v) is 10.1. The number of nitrogens with zero attached hydrogens (tertiary/aromatic N) is 2. The Morgan fingerprint density at radius 3 is 2.25 bits per heavy atom. The van der Waals surface area contributed by atoms with Crippen LogP contribution in [0.4, 0.5) is 0 Å². The predicted molar refractivity (Wildman–Crippen MR) is 63.3 cm³/mol. The molecule has 0 aromatic heterocycles. The largest absolute Gasteiger partial charge is 0.395 e. The maximum absolute atomic E-state index is 10.7. The fraction of sp³-hybridized carbons (Fsp3) is 0.909. The number of carbonyl (C=O) groups is 1. The molecule has 0 saturated carbocycles. The maximum Gasteiger partial charge on any atom is 0.216 e. The van der Waals surface area contributed by atoms with Crippen LogP contribution in [0.25, 0.3) is 0 Å². The molecule has 5 nitrogen and oxygen atoms in total. The first-order chi connectivity index (χ1) is 7.72. The van der Waals surface area contributed by atoms with E-state index in [4.69, 9.17) is 5.11 Å². The van der Waals surface area contributed by atoms with Gasteiger partial charge in [-0.25, -0.2) is 0 Å². The SMILES string of the molecule is CC(=O)NCCCN1CCN(CCO)CC1. The van der Waals surface area contributed by atoms with Crippen LogP contribution in [0.1, 0.15) is 13.3 Å². The molecule has 0 radical (unpaired) electrons. The fourth-order valence-electron chi connectivity index (χ4n) is 1.95. The van der Waals surface area contributed by atoms with E-state index in [2.05, 4.69) is 15.1 Å². The molecule has 0 atom stereocenters. The Labute approximate surface area is 97.4 Å². The molecule has 0 bridgehead atoms. The van der Waals surface area contributed by atoms with E-state index in [1.165, 1.54) is 0 Å². The van der Waals surface area contributed by atoms with Crippen molar-refractivity contribution in [2.24, 2.45) is 0 Å². The number of amides is 1. The third kappa shape index (κ3) is 5.44. The molecule has 0 spiro atoms. The lowest BCUT2D eigenvalue weighted by atomic mass is 10.3. The van der Waals surface area contributed by atoms with Crippen LogP contribution < -0.4 is 5.32 Å². The summed E-state index contributed by atoms with van der Waals surface area (Å²) < 4.78 is 0. The van der Waals surface area contributed by atoms with Crippen molar-refractivity contribution in [3.8, 4) is 0 Å². The molecule has 94 valence electrons. The number of piperazine rings is 1. The van der Waals surface area contributed by atoms with E-state index in [-0.39, 0.29) is 12.5 Å². The maximum atomic E-state index is 10.7. The zero-order chi connectivity index (χ0) is 11.8. The lowest BCUT2D eigenvalue weighted by Crippen LogP contribution is -2.47. The van der Waals surface area contributed by atoms with Crippen molar-refractivity contribution < 1.29 is 9.90 Å². The van der Waals surface area contributed by atoms with E-state index in [9.17, 15) is 4.79 Å². The highest BCUT2D eigenvalue weighted by molar-refractivity contribution is 5.72. The number of rotatable bonds is 6. The Morgan fingerprint density at radius 2 is 1.75 bits per heavy atom. The Hall–Kier alpha value is -0.650. The monoisotopic (exact) mass is 229 g/mol. The molecule has 1 aliphatic rings. The Morgan fingerprint density at radius 1 is 1.19 bits per heavy atom. The van der Waals surface area contributed by atoms with Gasteiger partial charge >= 0.3 is 0 Å². The second-order valence-electron chi connectivity index (χ2n) is 4.24. The van der Waals surface area contributed by atoms with Crippen molar-refractivity contribution in [2.75, 3.05) is 52.4 Å². The Balaban J connectivity index is 2.01. The van der Waals surface area contributed by atoms with Gasteiger partial charge in [0.15, 0.2) is 0 Å². The number of nitrogens with one attached hydrogen (secondary N) is 1. The first-order valence-electron chi connectivity index (χ1n) is 6.02. The van der Waals surface area contributed by atoms with E-state index in [1.54, 1.807) is 6.92 Å². The molecular weight excluding hydrogens is 206 g/mol. The summed E-state index contributed by atoms with van der Waals surface area (Å²) in [5.74, 6) is 0.0489. The summed E-state index contributed by atoms with van der Waals surface area (Å²) in [6.45, 7) is 8.64. The van der Waals surface area contributed by atoms with Crippen LogP contribution in [-0.4, -0.2) is 73.2 Å². The first-order valence-corrected chi connectivity index (χ1v) is 6.02. The number of hydrogen-bond donors (Lipinski definition) is 2. The number of aliphatic hydroxyl groups excluding tert-OH is 1. The third-order valence-electron chi connectivity index (χ3n) is 2.91. The van der Waals surface area contributed by atoms with Crippen LogP contribution in [0.5, 0.6) is 0 Å². The molecule has 1 fully saturated rings. The summed E-state index contributed by atoms with van der Waals surface area (Å²) in [6.07, 6.45) is 1.01. The molecule has 16 heavy (non-hydrogen) atoms. The van der Waals surface area contributed by atoms with Crippen LogP contribution in [0, 0.1) is 0 Å². The fourth-order valence-corrected chi connectivity index (χ4v) is 1.95. The highest BCUT2D eigenvalue weighted by atomic mass is 16.3. The van der Waals surface area contributed by atoms with Gasteiger partial charge in [-0.1, -0.05) is 0 Å². The van der Waals surface area contributed by atoms with Gasteiger partial charge in [-0.3, -0.25) is 9.69 Å². The van der Waals surface area contributed by atoms with Crippen molar-refractivity contribution in [1.82, 2.24) is 15.1 Å². The Bertz CT molecular complexity index is 203. The molecule has 1 heterocycles. The smallest absolute Gasteiger partial charge is 0.216 e. The first kappa shape index (κ1) is 13.4. The summed E-state index contributed by atoms with van der Waals surface area (Å²) in [5, 5.41) is 11.6. The second kappa shape index (κ2) is 7.60. The topological polar surface area (TPSA) is 55.8 Å². The van der Waals surface area contributed by atoms with Crippen LogP contribution in [0.2, 0.25) is 0 Å². The molecule has 0 unspecified atom stereocenters. The van der Waals surface area contributed by atoms with Crippen molar-refractivity contribution in [2.45, 2.75) is 13.3 Å². The zero-order valence-electron chi connectivity index (χ0n) is 10.1. The van der Waals surface area contributed by atoms with Gasteiger partial charge in [-0.2, -0.15) is 0 Å². The van der Waals surface area contributed by atoms with E-state index < -0.39 is 0 Å². The van der Waals surface area contributed by atoms with E-state index >= 15 is 0 Å². The molecule has 1 aliphatic heterocycles. The highest BCUT2D eigenvalue weighted by Gasteiger charge is 2.15. The highest BCUT2D eigenvalue weighted by Crippen LogP contribution is 2.01. The van der Waals surface area contributed by atoms with Gasteiger partial charge < -0.3 is 15.3 Å². The summed E-state index contributed by atoms with van der Waals surface area (Å²) in [4.78, 5) is 15.3. The lowest BCUT2D eigenvalue weighted by Gasteiger charge is -2.34. The minimum absolute atomic E-state index is 0.0489. The summed E-state index contributed by atoms with van der Waals surface area (Å²) in [5.41, 5.74) is 0. The summed E-state index contributed by atoms with van der Waals surface area (Å²) in [7, 11) is 0. The number of aliphatic hydroxyl groups is 1. The average molecular weight is 229 g/mol. The molecule has 5 heteroatoms. The van der Waals surface area contributed by atoms with Crippen LogP contribution in [0.15, 0.2) is 0 Å². The number of hydrogen-bond acceptors (Lipinski definition) is 4. The minimum Gasteiger partial charge on any atom is -0.395 e. The van der Waals surface area contributed by atoms with E-state index in [0.29, 0.717) is 0 Å². The minimum atomic E-state index is 0.0489. The van der Waals surface area contributed by atoms with Gasteiger partial charge in [-0.15, -0.1) is 0 Å². The van der Waals surface area contributed by atoms with Crippen molar-refractivity contribution in [3.05, 3.63) is 0 Å². The summed E-state index contributed by atoms with van der Waals surface area (Å²) in [6, 6.07) is 0. The summed E-state index contributed by atoms with van der Waals surface area (Å²) >= 11 is 0. The standard InChI is InChI=1S/C11H23N3O2/c1-11(16)12-3-2-4-13-5-7-14(8-6-13)9-10-15/h15H,2-10H2,1H3,(H,12,16).